The lowest BCUT2D eigenvalue weighted by Crippen LogP contribution is -2.45. The van der Waals surface area contributed by atoms with Crippen molar-refractivity contribution in [2.24, 2.45) is 0 Å². The number of likely N-dealkylation sites (N-methyl/N-ethyl adjacent to an activating group) is 1. The molecule has 1 saturated heterocycles. The first-order valence-corrected chi connectivity index (χ1v) is 8.20. The molecule has 1 aliphatic rings. The summed E-state index contributed by atoms with van der Waals surface area (Å²) < 4.78 is 0.996. The number of nitrogens with zero attached hydrogens (tertiary/aromatic N) is 1. The van der Waals surface area contributed by atoms with Gasteiger partial charge in [0.2, 0.25) is 0 Å². The highest BCUT2D eigenvalue weighted by Crippen LogP contribution is 2.21. The molecule has 0 aliphatic carbocycles. The third-order valence-corrected chi connectivity index (χ3v) is 4.88. The number of hydrogen-bond acceptors (Lipinski definition) is 2. The Morgan fingerprint density at radius 3 is 2.90 bits per heavy atom. The first-order chi connectivity index (χ1) is 9.63. The van der Waals surface area contributed by atoms with Crippen molar-refractivity contribution in [3.8, 4) is 0 Å². The zero-order chi connectivity index (χ0) is 14.5. The molecule has 0 saturated carbocycles. The van der Waals surface area contributed by atoms with Gasteiger partial charge in [-0.2, -0.15) is 0 Å². The molecule has 0 radical (unpaired) electrons. The Bertz CT molecular complexity index is 470. The van der Waals surface area contributed by atoms with E-state index in [0.717, 1.165) is 35.2 Å². The standard InChI is InChI=1S/C16H23BrN2O/c1-3-19(11-13-7-4-5-10-18-13)16(20)14-8-6-9-15(17)12(14)2/h6,8-9,13,18H,3-5,7,10-11H2,1-2H3. The zero-order valence-electron chi connectivity index (χ0n) is 12.3. The van der Waals surface area contributed by atoms with Crippen molar-refractivity contribution >= 4 is 21.8 Å². The van der Waals surface area contributed by atoms with Crippen molar-refractivity contribution in [3.63, 3.8) is 0 Å². The maximum atomic E-state index is 12.7. The van der Waals surface area contributed by atoms with E-state index in [-0.39, 0.29) is 5.91 Å². The molecule has 1 fully saturated rings. The van der Waals surface area contributed by atoms with Crippen LogP contribution in [-0.4, -0.2) is 36.5 Å². The molecule has 1 atom stereocenters. The van der Waals surface area contributed by atoms with Gasteiger partial charge in [-0.3, -0.25) is 4.79 Å². The molecule has 1 amide bonds. The van der Waals surface area contributed by atoms with Crippen molar-refractivity contribution in [2.45, 2.75) is 39.2 Å². The van der Waals surface area contributed by atoms with Gasteiger partial charge >= 0.3 is 0 Å². The van der Waals surface area contributed by atoms with Gasteiger partial charge in [-0.15, -0.1) is 0 Å². The number of hydrogen-bond donors (Lipinski definition) is 1. The molecule has 4 heteroatoms. The SMILES string of the molecule is CCN(CC1CCCCN1)C(=O)c1cccc(Br)c1C. The van der Waals surface area contributed by atoms with Crippen LogP contribution in [0.2, 0.25) is 0 Å². The summed E-state index contributed by atoms with van der Waals surface area (Å²) in [5.41, 5.74) is 1.82. The van der Waals surface area contributed by atoms with Gasteiger partial charge in [0.1, 0.15) is 0 Å². The summed E-state index contributed by atoms with van der Waals surface area (Å²) in [6.45, 7) is 6.68. The van der Waals surface area contributed by atoms with Crippen LogP contribution in [0.15, 0.2) is 22.7 Å². The molecule has 0 bridgehead atoms. The van der Waals surface area contributed by atoms with Crippen LogP contribution in [-0.2, 0) is 0 Å². The Morgan fingerprint density at radius 2 is 2.25 bits per heavy atom. The third kappa shape index (κ3) is 3.61. The molecule has 1 aliphatic heterocycles. The van der Waals surface area contributed by atoms with Gasteiger partial charge in [-0.05, 0) is 50.9 Å². The van der Waals surface area contributed by atoms with Crippen molar-refractivity contribution < 1.29 is 4.79 Å². The van der Waals surface area contributed by atoms with E-state index in [1.165, 1.54) is 19.3 Å². The van der Waals surface area contributed by atoms with Crippen LogP contribution < -0.4 is 5.32 Å². The number of benzene rings is 1. The fourth-order valence-corrected chi connectivity index (χ4v) is 3.08. The molecule has 0 spiro atoms. The number of piperidine rings is 1. The Kier molecular flexibility index (Phi) is 5.61. The van der Waals surface area contributed by atoms with Gasteiger partial charge < -0.3 is 10.2 Å². The number of halogens is 1. The number of rotatable bonds is 4. The van der Waals surface area contributed by atoms with Crippen molar-refractivity contribution in [3.05, 3.63) is 33.8 Å². The van der Waals surface area contributed by atoms with Crippen LogP contribution in [0, 0.1) is 6.92 Å². The van der Waals surface area contributed by atoms with Gasteiger partial charge in [0.15, 0.2) is 0 Å². The normalized spacial score (nSPS) is 18.9. The van der Waals surface area contributed by atoms with E-state index >= 15 is 0 Å². The lowest BCUT2D eigenvalue weighted by molar-refractivity contribution is 0.0740. The van der Waals surface area contributed by atoms with Crippen LogP contribution in [0.5, 0.6) is 0 Å². The summed E-state index contributed by atoms with van der Waals surface area (Å²) >= 11 is 3.50. The highest BCUT2D eigenvalue weighted by Gasteiger charge is 2.21. The van der Waals surface area contributed by atoms with Crippen LogP contribution in [0.4, 0.5) is 0 Å². The first kappa shape index (κ1) is 15.5. The van der Waals surface area contributed by atoms with Gasteiger partial charge in [0, 0.05) is 29.2 Å². The zero-order valence-corrected chi connectivity index (χ0v) is 13.9. The smallest absolute Gasteiger partial charge is 0.254 e. The largest absolute Gasteiger partial charge is 0.337 e. The quantitative estimate of drug-likeness (QED) is 0.912. The fourth-order valence-electron chi connectivity index (χ4n) is 2.71. The fraction of sp³-hybridized carbons (Fsp3) is 0.562. The summed E-state index contributed by atoms with van der Waals surface area (Å²) in [6, 6.07) is 6.27. The van der Waals surface area contributed by atoms with Crippen LogP contribution >= 0.6 is 15.9 Å². The van der Waals surface area contributed by atoms with Crippen LogP contribution in [0.25, 0.3) is 0 Å². The topological polar surface area (TPSA) is 32.3 Å². The molecule has 3 nitrogen and oxygen atoms in total. The minimum absolute atomic E-state index is 0.138. The van der Waals surface area contributed by atoms with Gasteiger partial charge in [0.05, 0.1) is 0 Å². The second kappa shape index (κ2) is 7.23. The molecule has 2 rings (SSSR count). The molecule has 1 aromatic rings. The summed E-state index contributed by atoms with van der Waals surface area (Å²) in [5, 5.41) is 3.51. The molecule has 20 heavy (non-hydrogen) atoms. The van der Waals surface area contributed by atoms with Gasteiger partial charge in [-0.1, -0.05) is 28.4 Å². The summed E-state index contributed by atoms with van der Waals surface area (Å²) in [5.74, 6) is 0.138. The van der Waals surface area contributed by atoms with Gasteiger partial charge in [-0.25, -0.2) is 0 Å². The highest BCUT2D eigenvalue weighted by atomic mass is 79.9. The molecule has 1 heterocycles. The average Bonchev–Trinajstić information content (AvgIpc) is 2.48. The molecule has 1 N–H and O–H groups in total. The Labute approximate surface area is 129 Å². The number of nitrogens with one attached hydrogen (secondary N) is 1. The summed E-state index contributed by atoms with van der Waals surface area (Å²) in [4.78, 5) is 14.7. The number of amides is 1. The minimum Gasteiger partial charge on any atom is -0.337 e. The highest BCUT2D eigenvalue weighted by molar-refractivity contribution is 9.10. The molecular weight excluding hydrogens is 316 g/mol. The van der Waals surface area contributed by atoms with Crippen LogP contribution in [0.3, 0.4) is 0 Å². The first-order valence-electron chi connectivity index (χ1n) is 7.41. The van der Waals surface area contributed by atoms with Crippen molar-refractivity contribution in [1.82, 2.24) is 10.2 Å². The second-order valence-corrected chi connectivity index (χ2v) is 6.26. The summed E-state index contributed by atoms with van der Waals surface area (Å²) in [7, 11) is 0. The summed E-state index contributed by atoms with van der Waals surface area (Å²) in [6.07, 6.45) is 3.68. The van der Waals surface area contributed by atoms with Crippen molar-refractivity contribution in [1.29, 1.82) is 0 Å². The molecule has 110 valence electrons. The van der Waals surface area contributed by atoms with E-state index in [1.807, 2.05) is 36.9 Å². The Morgan fingerprint density at radius 1 is 1.45 bits per heavy atom. The molecular formula is C16H23BrN2O. The van der Waals surface area contributed by atoms with Crippen molar-refractivity contribution in [2.75, 3.05) is 19.6 Å². The maximum absolute atomic E-state index is 12.7. The van der Waals surface area contributed by atoms with Crippen LogP contribution in [0.1, 0.15) is 42.1 Å². The molecule has 1 aromatic carbocycles. The second-order valence-electron chi connectivity index (χ2n) is 5.40. The lowest BCUT2D eigenvalue weighted by atomic mass is 10.0. The predicted molar refractivity (Wildman–Crippen MR) is 86.1 cm³/mol. The predicted octanol–water partition coefficient (Wildman–Crippen LogP) is 3.36. The number of carbonyl (C=O) groups excluding carboxylic acids is 1. The average molecular weight is 339 g/mol. The lowest BCUT2D eigenvalue weighted by Gasteiger charge is -2.30. The monoisotopic (exact) mass is 338 g/mol. The van der Waals surface area contributed by atoms with Gasteiger partial charge in [0.25, 0.3) is 5.91 Å². The van der Waals surface area contributed by atoms with E-state index in [9.17, 15) is 4.79 Å². The Balaban J connectivity index is 2.10. The van der Waals surface area contributed by atoms with E-state index in [4.69, 9.17) is 0 Å². The number of carbonyl (C=O) groups is 1. The minimum atomic E-state index is 0.138. The Hall–Kier alpha value is -0.870. The van der Waals surface area contributed by atoms with E-state index in [1.54, 1.807) is 0 Å². The van der Waals surface area contributed by atoms with E-state index in [0.29, 0.717) is 6.04 Å². The van der Waals surface area contributed by atoms with E-state index in [2.05, 4.69) is 21.2 Å². The molecule has 0 aromatic heterocycles. The van der Waals surface area contributed by atoms with E-state index < -0.39 is 0 Å². The maximum Gasteiger partial charge on any atom is 0.254 e. The third-order valence-electron chi connectivity index (χ3n) is 4.02. The molecule has 1 unspecified atom stereocenters.